The van der Waals surface area contributed by atoms with Crippen LogP contribution in [0.3, 0.4) is 0 Å². The Morgan fingerprint density at radius 3 is 2.80 bits per heavy atom. The number of hydrogen-bond donors (Lipinski definition) is 2. The van der Waals surface area contributed by atoms with Crippen molar-refractivity contribution >= 4 is 29.5 Å². The van der Waals surface area contributed by atoms with Gasteiger partial charge < -0.3 is 15.4 Å². The van der Waals surface area contributed by atoms with Gasteiger partial charge in [-0.05, 0) is 55.5 Å². The van der Waals surface area contributed by atoms with Crippen molar-refractivity contribution in [1.82, 2.24) is 10.6 Å². The van der Waals surface area contributed by atoms with Crippen molar-refractivity contribution < 1.29 is 14.3 Å². The molecule has 1 saturated heterocycles. The molecule has 2 aliphatic rings. The number of rotatable bonds is 4. The molecule has 3 atom stereocenters. The number of hydrogen-bond acceptors (Lipinski definition) is 3. The van der Waals surface area contributed by atoms with Gasteiger partial charge in [0.2, 0.25) is 5.91 Å². The highest BCUT2D eigenvalue weighted by Gasteiger charge is 2.40. The van der Waals surface area contributed by atoms with Crippen LogP contribution >= 0.6 is 11.6 Å². The highest BCUT2D eigenvalue weighted by molar-refractivity contribution is 6.30. The first-order chi connectivity index (χ1) is 14.5. The van der Waals surface area contributed by atoms with Crippen LogP contribution in [0.4, 0.5) is 0 Å². The number of benzene rings is 2. The number of carbonyl (C=O) groups is 2. The van der Waals surface area contributed by atoms with E-state index in [4.69, 9.17) is 16.3 Å². The van der Waals surface area contributed by atoms with Crippen LogP contribution < -0.4 is 10.6 Å². The van der Waals surface area contributed by atoms with E-state index in [-0.39, 0.29) is 29.9 Å². The molecule has 2 N–H and O–H groups in total. The van der Waals surface area contributed by atoms with Crippen molar-refractivity contribution in [3.05, 3.63) is 76.0 Å². The van der Waals surface area contributed by atoms with Gasteiger partial charge in [0.15, 0.2) is 5.76 Å². The molecule has 2 amide bonds. The predicted octanol–water partition coefficient (Wildman–Crippen LogP) is 3.99. The zero-order valence-electron chi connectivity index (χ0n) is 16.9. The second-order valence-electron chi connectivity index (χ2n) is 8.01. The Morgan fingerprint density at radius 2 is 2.03 bits per heavy atom. The van der Waals surface area contributed by atoms with E-state index < -0.39 is 0 Å². The van der Waals surface area contributed by atoms with Crippen LogP contribution in [-0.4, -0.2) is 24.0 Å². The molecule has 1 aliphatic carbocycles. The normalized spacial score (nSPS) is 24.5. The highest BCUT2D eigenvalue weighted by Crippen LogP contribution is 2.31. The number of morpholine rings is 1. The summed E-state index contributed by atoms with van der Waals surface area (Å²) in [6.07, 6.45) is 3.63. The molecule has 1 heterocycles. The molecule has 2 aromatic carbocycles. The monoisotopic (exact) mass is 424 g/mol. The number of halogens is 1. The van der Waals surface area contributed by atoms with Gasteiger partial charge in [-0.3, -0.25) is 9.59 Å². The van der Waals surface area contributed by atoms with Gasteiger partial charge in [0.05, 0.1) is 6.04 Å². The van der Waals surface area contributed by atoms with E-state index in [2.05, 4.69) is 10.6 Å². The largest absolute Gasteiger partial charge is 0.483 e. The summed E-state index contributed by atoms with van der Waals surface area (Å²) in [6, 6.07) is 15.2. The number of carbonyl (C=O) groups excluding carboxylic acids is 2. The van der Waals surface area contributed by atoms with Crippen LogP contribution in [0.5, 0.6) is 0 Å². The lowest BCUT2D eigenvalue weighted by Crippen LogP contribution is -2.54. The Hall–Kier alpha value is -2.79. The van der Waals surface area contributed by atoms with Crippen LogP contribution in [0, 0.1) is 12.8 Å². The molecule has 1 aliphatic heterocycles. The molecular weight excluding hydrogens is 400 g/mol. The summed E-state index contributed by atoms with van der Waals surface area (Å²) in [6.45, 7) is 2.55. The van der Waals surface area contributed by atoms with Crippen molar-refractivity contribution in [2.45, 2.75) is 44.9 Å². The van der Waals surface area contributed by atoms with Gasteiger partial charge in [-0.25, -0.2) is 0 Å². The molecule has 5 nitrogen and oxygen atoms in total. The number of aryl methyl sites for hydroxylation is 1. The third-order valence-corrected chi connectivity index (χ3v) is 5.95. The van der Waals surface area contributed by atoms with Crippen molar-refractivity contribution in [2.75, 3.05) is 0 Å². The maximum Gasteiger partial charge on any atom is 0.286 e. The number of fused-ring (bicyclic) bond motifs is 1. The third kappa shape index (κ3) is 4.85. The SMILES string of the molecule is Cc1ccc(CNC(=O)C2CCC3O/C(=C\c4cccc(Cl)c4)C(=O)NC3C2)cc1. The van der Waals surface area contributed by atoms with Crippen LogP contribution in [0.2, 0.25) is 5.02 Å². The van der Waals surface area contributed by atoms with Gasteiger partial charge >= 0.3 is 0 Å². The summed E-state index contributed by atoms with van der Waals surface area (Å²) in [5.74, 6) is -0.0553. The van der Waals surface area contributed by atoms with E-state index in [0.29, 0.717) is 23.7 Å². The second kappa shape index (κ2) is 8.92. The topological polar surface area (TPSA) is 67.4 Å². The van der Waals surface area contributed by atoms with Crippen molar-refractivity contribution in [2.24, 2.45) is 5.92 Å². The molecule has 2 aromatic rings. The number of amides is 2. The fourth-order valence-electron chi connectivity index (χ4n) is 4.02. The Kier molecular flexibility index (Phi) is 6.09. The second-order valence-corrected chi connectivity index (χ2v) is 8.45. The average molecular weight is 425 g/mol. The zero-order chi connectivity index (χ0) is 21.1. The highest BCUT2D eigenvalue weighted by atomic mass is 35.5. The summed E-state index contributed by atoms with van der Waals surface area (Å²) >= 11 is 6.02. The van der Waals surface area contributed by atoms with E-state index in [9.17, 15) is 9.59 Å². The summed E-state index contributed by atoms with van der Waals surface area (Å²) in [5, 5.41) is 6.66. The lowest BCUT2D eigenvalue weighted by Gasteiger charge is -2.39. The fourth-order valence-corrected chi connectivity index (χ4v) is 4.22. The van der Waals surface area contributed by atoms with Gasteiger partial charge in [-0.15, -0.1) is 0 Å². The maximum absolute atomic E-state index is 12.6. The fraction of sp³-hybridized carbons (Fsp3) is 0.333. The van der Waals surface area contributed by atoms with Gasteiger partial charge in [-0.2, -0.15) is 0 Å². The van der Waals surface area contributed by atoms with Crippen LogP contribution in [0.15, 0.2) is 54.3 Å². The minimum absolute atomic E-state index is 0.0311. The first-order valence-corrected chi connectivity index (χ1v) is 10.6. The van der Waals surface area contributed by atoms with Gasteiger partial charge in [0.1, 0.15) is 6.10 Å². The molecule has 30 heavy (non-hydrogen) atoms. The molecule has 0 bridgehead atoms. The first-order valence-electron chi connectivity index (χ1n) is 10.3. The molecule has 2 fully saturated rings. The summed E-state index contributed by atoms with van der Waals surface area (Å²) < 4.78 is 5.99. The molecule has 0 aromatic heterocycles. The van der Waals surface area contributed by atoms with E-state index in [0.717, 1.165) is 24.0 Å². The van der Waals surface area contributed by atoms with Crippen LogP contribution in [0.25, 0.3) is 6.08 Å². The average Bonchev–Trinajstić information content (AvgIpc) is 2.73. The van der Waals surface area contributed by atoms with E-state index in [1.807, 2.05) is 43.3 Å². The van der Waals surface area contributed by atoms with Crippen molar-refractivity contribution in [3.8, 4) is 0 Å². The van der Waals surface area contributed by atoms with Gasteiger partial charge in [-0.1, -0.05) is 53.6 Å². The summed E-state index contributed by atoms with van der Waals surface area (Å²) in [7, 11) is 0. The standard InChI is InChI=1S/C24H25ClN2O3/c1-15-5-7-16(8-6-15)14-26-23(28)18-9-10-21-20(13-18)27-24(29)22(30-21)12-17-3-2-4-19(25)11-17/h2-8,11-12,18,20-21H,9-10,13-14H2,1H3,(H,26,28)(H,27,29)/b22-12-. The quantitative estimate of drug-likeness (QED) is 0.729. The zero-order valence-corrected chi connectivity index (χ0v) is 17.6. The lowest BCUT2D eigenvalue weighted by atomic mass is 9.82. The molecule has 6 heteroatoms. The molecule has 1 saturated carbocycles. The van der Waals surface area contributed by atoms with E-state index >= 15 is 0 Å². The summed E-state index contributed by atoms with van der Waals surface area (Å²) in [4.78, 5) is 25.2. The maximum atomic E-state index is 12.6. The van der Waals surface area contributed by atoms with Gasteiger partial charge in [0, 0.05) is 17.5 Å². The molecule has 4 rings (SSSR count). The van der Waals surface area contributed by atoms with Crippen molar-refractivity contribution in [1.29, 1.82) is 0 Å². The van der Waals surface area contributed by atoms with Crippen LogP contribution in [-0.2, 0) is 20.9 Å². The van der Waals surface area contributed by atoms with Gasteiger partial charge in [0.25, 0.3) is 5.91 Å². The Balaban J connectivity index is 1.34. The van der Waals surface area contributed by atoms with E-state index in [1.165, 1.54) is 5.56 Å². The molecule has 0 radical (unpaired) electrons. The molecule has 0 spiro atoms. The third-order valence-electron chi connectivity index (χ3n) is 5.71. The molecule has 3 unspecified atom stereocenters. The number of nitrogens with one attached hydrogen (secondary N) is 2. The lowest BCUT2D eigenvalue weighted by molar-refractivity contribution is -0.134. The Morgan fingerprint density at radius 1 is 1.23 bits per heavy atom. The predicted molar refractivity (Wildman–Crippen MR) is 117 cm³/mol. The minimum atomic E-state index is -0.253. The Labute approximate surface area is 181 Å². The summed E-state index contributed by atoms with van der Waals surface area (Å²) in [5.41, 5.74) is 3.09. The minimum Gasteiger partial charge on any atom is -0.483 e. The Bertz CT molecular complexity index is 971. The molecule has 156 valence electrons. The number of ether oxygens (including phenoxy) is 1. The van der Waals surface area contributed by atoms with Crippen LogP contribution in [0.1, 0.15) is 36.0 Å². The first kappa shape index (κ1) is 20.5. The smallest absolute Gasteiger partial charge is 0.286 e. The van der Waals surface area contributed by atoms with E-state index in [1.54, 1.807) is 18.2 Å². The van der Waals surface area contributed by atoms with Crippen molar-refractivity contribution in [3.63, 3.8) is 0 Å². The molecular formula is C24H25ClN2O3.